The van der Waals surface area contributed by atoms with Crippen LogP contribution in [-0.4, -0.2) is 36.4 Å². The summed E-state index contributed by atoms with van der Waals surface area (Å²) in [5.41, 5.74) is 2.99. The molecule has 0 saturated heterocycles. The largest absolute Gasteiger partial charge is 0.494 e. The van der Waals surface area contributed by atoms with Gasteiger partial charge in [-0.3, -0.25) is 4.79 Å². The Balaban J connectivity index is 2.21. The molecular weight excluding hydrogens is 354 g/mol. The van der Waals surface area contributed by atoms with E-state index in [9.17, 15) is 4.79 Å². The normalized spacial score (nSPS) is 10.9. The summed E-state index contributed by atoms with van der Waals surface area (Å²) in [5.74, 6) is 0.826. The molecule has 0 saturated carbocycles. The number of amides is 1. The molecule has 3 rings (SSSR count). The molecule has 0 unspecified atom stereocenters. The van der Waals surface area contributed by atoms with Crippen molar-refractivity contribution < 1.29 is 15.6 Å². The summed E-state index contributed by atoms with van der Waals surface area (Å²) in [5, 5.41) is 10.4. The van der Waals surface area contributed by atoms with Crippen LogP contribution in [0.5, 0.6) is 11.5 Å². The van der Waals surface area contributed by atoms with Crippen LogP contribution in [0.4, 0.5) is 0 Å². The van der Waals surface area contributed by atoms with Crippen molar-refractivity contribution in [3.05, 3.63) is 60.4 Å². The van der Waals surface area contributed by atoms with Crippen LogP contribution in [0.3, 0.4) is 0 Å². The molecule has 144 valence electrons. The SMILES string of the molecule is [2H]c1c(OCC)cc(-c2cccc(OCC)c2)cc1-c1ccnnc1C(=O)NC. The van der Waals surface area contributed by atoms with E-state index >= 15 is 0 Å². The molecule has 0 aliphatic heterocycles. The zero-order chi connectivity index (χ0) is 20.8. The second-order valence-corrected chi connectivity index (χ2v) is 5.91. The van der Waals surface area contributed by atoms with Gasteiger partial charge in [-0.2, -0.15) is 5.10 Å². The molecule has 0 bridgehead atoms. The van der Waals surface area contributed by atoms with E-state index in [0.29, 0.717) is 30.1 Å². The fourth-order valence-electron chi connectivity index (χ4n) is 2.86. The van der Waals surface area contributed by atoms with Gasteiger partial charge in [-0.1, -0.05) is 12.1 Å². The minimum absolute atomic E-state index is 0.158. The third-order valence-corrected chi connectivity index (χ3v) is 4.08. The molecule has 2 aromatic carbocycles. The van der Waals surface area contributed by atoms with E-state index in [1.807, 2.05) is 50.2 Å². The van der Waals surface area contributed by atoms with Gasteiger partial charge in [-0.05, 0) is 66.9 Å². The lowest BCUT2D eigenvalue weighted by Crippen LogP contribution is -2.20. The fraction of sp³-hybridized carbons (Fsp3) is 0.227. The first-order valence-electron chi connectivity index (χ1n) is 9.63. The van der Waals surface area contributed by atoms with Gasteiger partial charge >= 0.3 is 0 Å². The first-order chi connectivity index (χ1) is 14.1. The molecule has 1 amide bonds. The first kappa shape index (κ1) is 18.0. The molecule has 0 spiro atoms. The summed E-state index contributed by atoms with van der Waals surface area (Å²) in [6, 6.07) is 13.3. The van der Waals surface area contributed by atoms with Crippen LogP contribution in [0, 0.1) is 0 Å². The third kappa shape index (κ3) is 4.28. The smallest absolute Gasteiger partial charge is 0.272 e. The Morgan fingerprint density at radius 2 is 1.79 bits per heavy atom. The van der Waals surface area contributed by atoms with Gasteiger partial charge in [0.1, 0.15) is 11.5 Å². The standard InChI is InChI=1S/C22H23N3O3/c1-4-27-18-8-6-7-15(12-18)16-11-17(14-19(13-16)28-5-2)20-9-10-24-25-21(20)22(26)23-3/h6-14H,4-5H2,1-3H3,(H,23,26)/i14D. The van der Waals surface area contributed by atoms with Gasteiger partial charge in [0.15, 0.2) is 5.69 Å². The lowest BCUT2D eigenvalue weighted by molar-refractivity contribution is 0.0958. The number of carbonyl (C=O) groups is 1. The molecule has 28 heavy (non-hydrogen) atoms. The number of benzene rings is 2. The van der Waals surface area contributed by atoms with Gasteiger partial charge in [0.05, 0.1) is 20.8 Å². The quantitative estimate of drug-likeness (QED) is 0.673. The van der Waals surface area contributed by atoms with E-state index in [0.717, 1.165) is 16.9 Å². The second-order valence-electron chi connectivity index (χ2n) is 5.91. The predicted octanol–water partition coefficient (Wildman–Crippen LogP) is 3.97. The molecule has 1 N–H and O–H groups in total. The highest BCUT2D eigenvalue weighted by Gasteiger charge is 2.16. The molecule has 3 aromatic rings. The summed E-state index contributed by atoms with van der Waals surface area (Å²) in [6.07, 6.45) is 1.50. The molecule has 0 radical (unpaired) electrons. The van der Waals surface area contributed by atoms with E-state index in [4.69, 9.17) is 10.8 Å². The van der Waals surface area contributed by atoms with Crippen molar-refractivity contribution in [1.82, 2.24) is 15.5 Å². The average Bonchev–Trinajstić information content (AvgIpc) is 2.75. The summed E-state index contributed by atoms with van der Waals surface area (Å²) in [4.78, 5) is 12.3. The molecular formula is C22H23N3O3. The number of nitrogens with zero attached hydrogens (tertiary/aromatic N) is 2. The van der Waals surface area contributed by atoms with Crippen molar-refractivity contribution >= 4 is 5.91 Å². The predicted molar refractivity (Wildman–Crippen MR) is 109 cm³/mol. The molecule has 1 heterocycles. The van der Waals surface area contributed by atoms with E-state index in [-0.39, 0.29) is 17.6 Å². The Kier molecular flexibility index (Phi) is 5.77. The van der Waals surface area contributed by atoms with Gasteiger partial charge in [-0.25, -0.2) is 0 Å². The zero-order valence-corrected chi connectivity index (χ0v) is 16.2. The summed E-state index contributed by atoms with van der Waals surface area (Å²) in [7, 11) is 1.53. The number of nitrogens with one attached hydrogen (secondary N) is 1. The van der Waals surface area contributed by atoms with Crippen LogP contribution in [-0.2, 0) is 0 Å². The number of hydrogen-bond donors (Lipinski definition) is 1. The van der Waals surface area contributed by atoms with Crippen molar-refractivity contribution in [2.75, 3.05) is 20.3 Å². The highest BCUT2D eigenvalue weighted by Crippen LogP contribution is 2.33. The van der Waals surface area contributed by atoms with E-state index in [2.05, 4.69) is 15.5 Å². The van der Waals surface area contributed by atoms with Crippen molar-refractivity contribution in [3.8, 4) is 33.8 Å². The van der Waals surface area contributed by atoms with Gasteiger partial charge < -0.3 is 14.8 Å². The van der Waals surface area contributed by atoms with Crippen LogP contribution in [0.15, 0.2) is 54.7 Å². The number of rotatable bonds is 7. The molecule has 6 nitrogen and oxygen atoms in total. The Bertz CT molecular complexity index is 1020. The van der Waals surface area contributed by atoms with Crippen molar-refractivity contribution in [1.29, 1.82) is 0 Å². The van der Waals surface area contributed by atoms with Gasteiger partial charge in [0, 0.05) is 12.6 Å². The monoisotopic (exact) mass is 378 g/mol. The summed E-state index contributed by atoms with van der Waals surface area (Å²) >= 11 is 0. The number of hydrogen-bond acceptors (Lipinski definition) is 5. The Morgan fingerprint density at radius 1 is 1.04 bits per heavy atom. The number of aromatic nitrogens is 2. The van der Waals surface area contributed by atoms with Crippen LogP contribution in [0.25, 0.3) is 22.3 Å². The minimum atomic E-state index is -0.366. The van der Waals surface area contributed by atoms with Crippen molar-refractivity contribution in [2.45, 2.75) is 13.8 Å². The maximum atomic E-state index is 12.3. The van der Waals surface area contributed by atoms with E-state index < -0.39 is 0 Å². The third-order valence-electron chi connectivity index (χ3n) is 4.08. The van der Waals surface area contributed by atoms with Crippen LogP contribution < -0.4 is 14.8 Å². The lowest BCUT2D eigenvalue weighted by atomic mass is 9.97. The molecule has 0 fully saturated rings. The van der Waals surface area contributed by atoms with E-state index in [1.165, 1.54) is 13.2 Å². The fourth-order valence-corrected chi connectivity index (χ4v) is 2.86. The van der Waals surface area contributed by atoms with Gasteiger partial charge in [0.2, 0.25) is 0 Å². The van der Waals surface area contributed by atoms with E-state index in [1.54, 1.807) is 6.07 Å². The topological polar surface area (TPSA) is 73.3 Å². The highest BCUT2D eigenvalue weighted by molar-refractivity contribution is 5.99. The Morgan fingerprint density at radius 3 is 2.54 bits per heavy atom. The summed E-state index contributed by atoms with van der Waals surface area (Å²) < 4.78 is 19.9. The molecule has 0 aliphatic carbocycles. The number of carbonyl (C=O) groups excluding carboxylic acids is 1. The Hall–Kier alpha value is -3.41. The van der Waals surface area contributed by atoms with Crippen LogP contribution >= 0.6 is 0 Å². The lowest BCUT2D eigenvalue weighted by Gasteiger charge is -2.13. The van der Waals surface area contributed by atoms with Gasteiger partial charge in [-0.15, -0.1) is 5.10 Å². The maximum absolute atomic E-state index is 12.3. The molecule has 6 heteroatoms. The molecule has 1 aromatic heterocycles. The Labute approximate surface area is 165 Å². The second kappa shape index (κ2) is 8.99. The average molecular weight is 378 g/mol. The van der Waals surface area contributed by atoms with Crippen molar-refractivity contribution in [2.24, 2.45) is 0 Å². The van der Waals surface area contributed by atoms with Crippen LogP contribution in [0.1, 0.15) is 25.7 Å². The zero-order valence-electron chi connectivity index (χ0n) is 17.2. The molecule has 0 aliphatic rings. The number of ether oxygens (including phenoxy) is 2. The minimum Gasteiger partial charge on any atom is -0.494 e. The first-order valence-corrected chi connectivity index (χ1v) is 9.13. The van der Waals surface area contributed by atoms with Gasteiger partial charge in [0.25, 0.3) is 5.91 Å². The maximum Gasteiger partial charge on any atom is 0.272 e. The van der Waals surface area contributed by atoms with Crippen LogP contribution in [0.2, 0.25) is 0 Å². The highest BCUT2D eigenvalue weighted by atomic mass is 16.5. The van der Waals surface area contributed by atoms with Crippen molar-refractivity contribution in [3.63, 3.8) is 0 Å². The summed E-state index contributed by atoms with van der Waals surface area (Å²) in [6.45, 7) is 4.79. The molecule has 0 atom stereocenters.